The van der Waals surface area contributed by atoms with Crippen molar-refractivity contribution in [3.05, 3.63) is 23.8 Å². The summed E-state index contributed by atoms with van der Waals surface area (Å²) in [4.78, 5) is 0. The van der Waals surface area contributed by atoms with E-state index < -0.39 is 0 Å². The fraction of sp³-hybridized carbons (Fsp3) is 0.273. The van der Waals surface area contributed by atoms with E-state index in [1.807, 2.05) is 25.1 Å². The molecule has 0 bridgehead atoms. The Balaban J connectivity index is 2.81. The summed E-state index contributed by atoms with van der Waals surface area (Å²) in [7, 11) is 1.60. The van der Waals surface area contributed by atoms with E-state index >= 15 is 0 Å². The number of hydrazine groups is 1. The lowest BCUT2D eigenvalue weighted by Crippen LogP contribution is -2.82. The van der Waals surface area contributed by atoms with Gasteiger partial charge >= 0.3 is 0 Å². The molecule has 0 fully saturated rings. The summed E-state index contributed by atoms with van der Waals surface area (Å²) < 4.78 is 10.6. The molecule has 92 valence electrons. The predicted molar refractivity (Wildman–Crippen MR) is 70.2 cm³/mol. The second kappa shape index (κ2) is 6.70. The number of thiocarbonyl (C=S) groups is 1. The summed E-state index contributed by atoms with van der Waals surface area (Å²) in [6.45, 7) is 2.52. The van der Waals surface area contributed by atoms with Gasteiger partial charge in [0.2, 0.25) is 5.11 Å². The standard InChI is InChI=1S/C11H15N3O2S/c1-3-16-9-5-4-8(6-10(9)15-2)7-13-14-11(12)17/h4-7H,3H2,1-2H3,(H3,12,14,17)/p+1. The minimum absolute atomic E-state index is 0.180. The minimum Gasteiger partial charge on any atom is -0.493 e. The van der Waals surface area contributed by atoms with Crippen LogP contribution in [0.25, 0.3) is 0 Å². The molecular formula is C11H16N3O2S+. The lowest BCUT2D eigenvalue weighted by atomic mass is 10.2. The molecule has 0 aromatic heterocycles. The smallest absolute Gasteiger partial charge is 0.221 e. The Morgan fingerprint density at radius 1 is 1.53 bits per heavy atom. The van der Waals surface area contributed by atoms with Crippen LogP contribution < -0.4 is 25.7 Å². The van der Waals surface area contributed by atoms with E-state index in [-0.39, 0.29) is 5.11 Å². The van der Waals surface area contributed by atoms with Crippen LogP contribution in [0.4, 0.5) is 0 Å². The van der Waals surface area contributed by atoms with E-state index in [0.717, 1.165) is 11.3 Å². The Morgan fingerprint density at radius 3 is 2.88 bits per heavy atom. The zero-order valence-corrected chi connectivity index (χ0v) is 10.6. The molecule has 0 radical (unpaired) electrons. The number of methoxy groups -OCH3 is 1. The summed E-state index contributed by atoms with van der Waals surface area (Å²) >= 11 is 4.65. The number of nitrogens with one attached hydrogen (secondary N) is 2. The molecule has 6 heteroatoms. The SMILES string of the molecule is CCOc1ccc(C=[NH+]NC(N)=S)cc1OC. The second-order valence-electron chi connectivity index (χ2n) is 3.12. The Labute approximate surface area is 106 Å². The summed E-state index contributed by atoms with van der Waals surface area (Å²) in [6, 6.07) is 5.58. The van der Waals surface area contributed by atoms with Crippen LogP contribution in [-0.4, -0.2) is 25.0 Å². The van der Waals surface area contributed by atoms with Gasteiger partial charge in [-0.15, -0.1) is 10.5 Å². The van der Waals surface area contributed by atoms with Gasteiger partial charge in [0.1, 0.15) is 0 Å². The number of hydrogen-bond acceptors (Lipinski definition) is 3. The molecule has 0 aliphatic heterocycles. The fourth-order valence-corrected chi connectivity index (χ4v) is 1.30. The van der Waals surface area contributed by atoms with Crippen molar-refractivity contribution in [2.75, 3.05) is 13.7 Å². The fourth-order valence-electron chi connectivity index (χ4n) is 1.24. The van der Waals surface area contributed by atoms with Crippen LogP contribution in [0.15, 0.2) is 18.2 Å². The minimum atomic E-state index is 0.180. The molecule has 0 amide bonds. The molecule has 0 unspecified atom stereocenters. The van der Waals surface area contributed by atoms with Crippen molar-refractivity contribution in [2.24, 2.45) is 5.73 Å². The van der Waals surface area contributed by atoms with Gasteiger partial charge in [0.15, 0.2) is 17.7 Å². The molecule has 0 aliphatic carbocycles. The third-order valence-corrected chi connectivity index (χ3v) is 2.02. The Hall–Kier alpha value is -1.82. The zero-order valence-electron chi connectivity index (χ0n) is 9.82. The lowest BCUT2D eigenvalue weighted by Gasteiger charge is -2.08. The van der Waals surface area contributed by atoms with Crippen molar-refractivity contribution in [2.45, 2.75) is 6.92 Å². The summed E-state index contributed by atoms with van der Waals surface area (Å²) in [5, 5.41) is 2.95. The molecule has 0 heterocycles. The molecule has 0 atom stereocenters. The molecule has 0 aliphatic rings. The first-order valence-electron chi connectivity index (χ1n) is 5.12. The van der Waals surface area contributed by atoms with E-state index in [4.69, 9.17) is 15.2 Å². The first-order valence-corrected chi connectivity index (χ1v) is 5.53. The van der Waals surface area contributed by atoms with Gasteiger partial charge in [0.05, 0.1) is 13.7 Å². The van der Waals surface area contributed by atoms with Crippen molar-refractivity contribution < 1.29 is 14.6 Å². The molecule has 0 spiro atoms. The third kappa shape index (κ3) is 4.28. The van der Waals surface area contributed by atoms with E-state index in [2.05, 4.69) is 22.7 Å². The maximum atomic E-state index is 5.41. The maximum Gasteiger partial charge on any atom is 0.221 e. The molecule has 1 aromatic carbocycles. The van der Waals surface area contributed by atoms with Gasteiger partial charge in [0.25, 0.3) is 0 Å². The molecular weight excluding hydrogens is 238 g/mol. The van der Waals surface area contributed by atoms with Crippen molar-refractivity contribution in [3.8, 4) is 11.5 Å². The van der Waals surface area contributed by atoms with Crippen molar-refractivity contribution >= 4 is 23.5 Å². The summed E-state index contributed by atoms with van der Waals surface area (Å²) in [5.41, 5.74) is 8.78. The molecule has 1 rings (SSSR count). The van der Waals surface area contributed by atoms with Gasteiger partial charge in [0, 0.05) is 5.56 Å². The normalized spacial score (nSPS) is 10.2. The average Bonchev–Trinajstić information content (AvgIpc) is 2.30. The number of rotatable bonds is 5. The van der Waals surface area contributed by atoms with Crippen LogP contribution in [-0.2, 0) is 0 Å². The summed E-state index contributed by atoms with van der Waals surface area (Å²) in [5.74, 6) is 1.40. The van der Waals surface area contributed by atoms with Gasteiger partial charge in [-0.1, -0.05) is 0 Å². The monoisotopic (exact) mass is 254 g/mol. The lowest BCUT2D eigenvalue weighted by molar-refractivity contribution is -0.499. The van der Waals surface area contributed by atoms with Gasteiger partial charge in [-0.25, -0.2) is 0 Å². The molecule has 4 N–H and O–H groups in total. The number of nitrogens with two attached hydrogens (primary N) is 1. The van der Waals surface area contributed by atoms with Crippen LogP contribution >= 0.6 is 12.2 Å². The van der Waals surface area contributed by atoms with E-state index in [9.17, 15) is 0 Å². The largest absolute Gasteiger partial charge is 0.493 e. The van der Waals surface area contributed by atoms with Crippen LogP contribution in [0.5, 0.6) is 11.5 Å². The molecule has 1 aromatic rings. The van der Waals surface area contributed by atoms with Crippen LogP contribution in [0.2, 0.25) is 0 Å². The topological polar surface area (TPSA) is 70.5 Å². The van der Waals surface area contributed by atoms with Crippen molar-refractivity contribution in [1.29, 1.82) is 0 Å². The zero-order chi connectivity index (χ0) is 12.7. The highest BCUT2D eigenvalue weighted by Crippen LogP contribution is 2.27. The quantitative estimate of drug-likeness (QED) is 0.370. The van der Waals surface area contributed by atoms with Gasteiger partial charge < -0.3 is 15.2 Å². The van der Waals surface area contributed by atoms with Gasteiger partial charge in [-0.05, 0) is 37.3 Å². The number of hydrogen-bond donors (Lipinski definition) is 3. The molecule has 5 nitrogen and oxygen atoms in total. The summed E-state index contributed by atoms with van der Waals surface area (Å²) in [6.07, 6.45) is 1.72. The van der Waals surface area contributed by atoms with E-state index in [1.165, 1.54) is 0 Å². The highest BCUT2D eigenvalue weighted by molar-refractivity contribution is 7.80. The average molecular weight is 254 g/mol. The van der Waals surface area contributed by atoms with E-state index in [0.29, 0.717) is 12.4 Å². The van der Waals surface area contributed by atoms with Crippen LogP contribution in [0.3, 0.4) is 0 Å². The number of benzene rings is 1. The van der Waals surface area contributed by atoms with Crippen molar-refractivity contribution in [1.82, 2.24) is 5.43 Å². The predicted octanol–water partition coefficient (Wildman–Crippen LogP) is -0.658. The maximum absolute atomic E-state index is 5.41. The highest BCUT2D eigenvalue weighted by Gasteiger charge is 2.05. The number of hydrazone groups is 1. The van der Waals surface area contributed by atoms with Gasteiger partial charge in [-0.2, -0.15) is 0 Å². The third-order valence-electron chi connectivity index (χ3n) is 1.92. The van der Waals surface area contributed by atoms with Crippen LogP contribution in [0, 0.1) is 0 Å². The van der Waals surface area contributed by atoms with E-state index in [1.54, 1.807) is 13.3 Å². The first kappa shape index (κ1) is 13.2. The first-order chi connectivity index (χ1) is 8.17. The van der Waals surface area contributed by atoms with Crippen molar-refractivity contribution in [3.63, 3.8) is 0 Å². The van der Waals surface area contributed by atoms with Gasteiger partial charge in [-0.3, -0.25) is 0 Å². The molecule has 0 saturated carbocycles. The number of ether oxygens (including phenoxy) is 2. The molecule has 0 saturated heterocycles. The molecule has 17 heavy (non-hydrogen) atoms. The van der Waals surface area contributed by atoms with Crippen LogP contribution in [0.1, 0.15) is 12.5 Å². The Bertz CT molecular complexity index is 421. The Kier molecular flexibility index (Phi) is 5.22. The highest BCUT2D eigenvalue weighted by atomic mass is 32.1. The second-order valence-corrected chi connectivity index (χ2v) is 3.56. The Morgan fingerprint density at radius 2 is 2.29 bits per heavy atom.